The summed E-state index contributed by atoms with van der Waals surface area (Å²) in [6.45, 7) is 2.98. The third-order valence-electron chi connectivity index (χ3n) is 4.55. The first kappa shape index (κ1) is 19.4. The largest absolute Gasteiger partial charge is 0.466 e. The molecule has 0 aliphatic carbocycles. The lowest BCUT2D eigenvalue weighted by Crippen LogP contribution is -2.22. The summed E-state index contributed by atoms with van der Waals surface area (Å²) in [4.78, 5) is 22.5. The number of benzene rings is 1. The molecule has 0 saturated carbocycles. The highest BCUT2D eigenvalue weighted by Gasteiger charge is 2.17. The van der Waals surface area contributed by atoms with Crippen LogP contribution in [0, 0.1) is 0 Å². The van der Waals surface area contributed by atoms with Crippen LogP contribution < -0.4 is 4.90 Å². The van der Waals surface area contributed by atoms with Crippen molar-refractivity contribution in [3.63, 3.8) is 0 Å². The highest BCUT2D eigenvalue weighted by Crippen LogP contribution is 2.34. The van der Waals surface area contributed by atoms with Gasteiger partial charge in [0, 0.05) is 53.2 Å². The van der Waals surface area contributed by atoms with Gasteiger partial charge >= 0.3 is 5.97 Å². The fourth-order valence-corrected chi connectivity index (χ4v) is 3.57. The summed E-state index contributed by atoms with van der Waals surface area (Å²) in [7, 11) is 0. The van der Waals surface area contributed by atoms with Gasteiger partial charge in [-0.05, 0) is 47.0 Å². The Morgan fingerprint density at radius 1 is 1.34 bits per heavy atom. The molecule has 2 aromatic heterocycles. The Morgan fingerprint density at radius 3 is 3.07 bits per heavy atom. The van der Waals surface area contributed by atoms with E-state index < -0.39 is 0 Å². The first-order valence-corrected chi connectivity index (χ1v) is 10.3. The van der Waals surface area contributed by atoms with Crippen LogP contribution in [0.3, 0.4) is 0 Å². The van der Waals surface area contributed by atoms with Crippen molar-refractivity contribution in [1.29, 1.82) is 0 Å². The molecule has 0 N–H and O–H groups in total. The fourth-order valence-electron chi connectivity index (χ4n) is 3.26. The Bertz CT molecular complexity index is 1100. The minimum Gasteiger partial charge on any atom is -0.466 e. The summed E-state index contributed by atoms with van der Waals surface area (Å²) >= 11 is 3.39. The number of fused-ring (bicyclic) bond motifs is 2. The third kappa shape index (κ3) is 4.40. The van der Waals surface area contributed by atoms with Crippen LogP contribution in [0.4, 0.5) is 5.69 Å². The Labute approximate surface area is 177 Å². The number of halogens is 1. The molecule has 0 atom stereocenters. The molecular formula is C22H20BrN3O3. The highest BCUT2D eigenvalue weighted by molar-refractivity contribution is 9.10. The Morgan fingerprint density at radius 2 is 2.21 bits per heavy atom. The van der Waals surface area contributed by atoms with Gasteiger partial charge in [-0.25, -0.2) is 4.98 Å². The molecule has 1 aromatic carbocycles. The zero-order valence-electron chi connectivity index (χ0n) is 16.0. The molecule has 29 heavy (non-hydrogen) atoms. The topological polar surface area (TPSA) is 68.5 Å². The van der Waals surface area contributed by atoms with Crippen LogP contribution in [0.2, 0.25) is 0 Å². The molecule has 0 amide bonds. The number of anilines is 1. The van der Waals surface area contributed by atoms with Crippen LogP contribution in [0.1, 0.15) is 31.2 Å². The van der Waals surface area contributed by atoms with Crippen LogP contribution in [0.5, 0.6) is 0 Å². The van der Waals surface area contributed by atoms with Crippen molar-refractivity contribution in [1.82, 2.24) is 9.97 Å². The minimum absolute atomic E-state index is 0.154. The molecule has 0 radical (unpaired) electrons. The van der Waals surface area contributed by atoms with Gasteiger partial charge in [-0.3, -0.25) is 4.79 Å². The molecule has 3 heterocycles. The molecule has 148 valence electrons. The van der Waals surface area contributed by atoms with Crippen molar-refractivity contribution in [3.05, 3.63) is 64.7 Å². The zero-order valence-corrected chi connectivity index (χ0v) is 17.6. The molecule has 7 heteroatoms. The van der Waals surface area contributed by atoms with E-state index in [-0.39, 0.29) is 5.97 Å². The second-order valence-electron chi connectivity index (χ2n) is 6.56. The van der Waals surface area contributed by atoms with Crippen molar-refractivity contribution in [2.24, 2.45) is 0 Å². The third-order valence-corrected chi connectivity index (χ3v) is 4.99. The lowest BCUT2D eigenvalue weighted by molar-refractivity contribution is -0.143. The number of carbonyl (C=O) groups excluding carboxylic acids is 1. The summed E-state index contributed by atoms with van der Waals surface area (Å²) in [5, 5.41) is 0. The van der Waals surface area contributed by atoms with Crippen LogP contribution in [-0.2, 0) is 9.53 Å². The number of oxazole rings is 1. The van der Waals surface area contributed by atoms with Crippen LogP contribution >= 0.6 is 15.9 Å². The average molecular weight is 454 g/mol. The maximum Gasteiger partial charge on any atom is 0.305 e. The summed E-state index contributed by atoms with van der Waals surface area (Å²) in [6, 6.07) is 10.0. The zero-order chi connectivity index (χ0) is 20.2. The van der Waals surface area contributed by atoms with Gasteiger partial charge in [-0.2, -0.15) is 4.98 Å². The van der Waals surface area contributed by atoms with Gasteiger partial charge in [0.25, 0.3) is 0 Å². The quantitative estimate of drug-likeness (QED) is 0.477. The summed E-state index contributed by atoms with van der Waals surface area (Å²) in [5.74, 6) is 0.356. The monoisotopic (exact) mass is 453 g/mol. The molecule has 1 aliphatic rings. The van der Waals surface area contributed by atoms with Crippen molar-refractivity contribution in [2.75, 3.05) is 18.1 Å². The molecular weight excluding hydrogens is 434 g/mol. The molecule has 0 fully saturated rings. The van der Waals surface area contributed by atoms with E-state index in [9.17, 15) is 4.79 Å². The first-order valence-electron chi connectivity index (χ1n) is 9.47. The molecule has 4 rings (SSSR count). The predicted octanol–water partition coefficient (Wildman–Crippen LogP) is 5.20. The van der Waals surface area contributed by atoms with Gasteiger partial charge < -0.3 is 14.1 Å². The van der Waals surface area contributed by atoms with Crippen molar-refractivity contribution < 1.29 is 13.9 Å². The second kappa shape index (κ2) is 8.61. The lowest BCUT2D eigenvalue weighted by Gasteiger charge is -2.27. The number of aromatic nitrogens is 2. The van der Waals surface area contributed by atoms with Gasteiger partial charge in [0.2, 0.25) is 5.89 Å². The standard InChI is InChI=1S/C22H20BrN3O3/c1-2-28-21(27)8-5-10-26-11-9-15(17-6-3-4-7-18(17)26)12-20-25-22-19(29-20)13-16(23)14-24-22/h3-4,6-7,9,11-14H,2,5,8,10H2,1H3. The van der Waals surface area contributed by atoms with Gasteiger partial charge in [-0.1, -0.05) is 18.2 Å². The van der Waals surface area contributed by atoms with E-state index in [1.54, 1.807) is 6.20 Å². The fraction of sp³-hybridized carbons (Fsp3) is 0.227. The summed E-state index contributed by atoms with van der Waals surface area (Å²) in [6.07, 6.45) is 8.81. The minimum atomic E-state index is -0.154. The number of pyridine rings is 1. The highest BCUT2D eigenvalue weighted by atomic mass is 79.9. The number of carbonyl (C=O) groups is 1. The Kier molecular flexibility index (Phi) is 5.76. The smallest absolute Gasteiger partial charge is 0.305 e. The maximum absolute atomic E-state index is 11.6. The van der Waals surface area contributed by atoms with Crippen molar-refractivity contribution in [2.45, 2.75) is 19.8 Å². The summed E-state index contributed by atoms with van der Waals surface area (Å²) < 4.78 is 11.7. The SMILES string of the molecule is CCOC(=O)CCCN1C=CC(=Cc2nc3ncc(Br)cc3o2)c2ccccc21. The molecule has 0 unspecified atom stereocenters. The number of hydrogen-bond donors (Lipinski definition) is 0. The van der Waals surface area contributed by atoms with Gasteiger partial charge in [-0.15, -0.1) is 0 Å². The first-order chi connectivity index (χ1) is 14.1. The van der Waals surface area contributed by atoms with Gasteiger partial charge in [0.05, 0.1) is 6.61 Å². The Balaban J connectivity index is 1.56. The van der Waals surface area contributed by atoms with Crippen molar-refractivity contribution >= 4 is 50.5 Å². The lowest BCUT2D eigenvalue weighted by atomic mass is 9.99. The van der Waals surface area contributed by atoms with Crippen LogP contribution in [0.15, 0.2) is 57.7 Å². The number of allylic oxidation sites excluding steroid dienone is 2. The summed E-state index contributed by atoms with van der Waals surface area (Å²) in [5.41, 5.74) is 4.39. The molecule has 1 aliphatic heterocycles. The number of nitrogens with zero attached hydrogens (tertiary/aromatic N) is 3. The number of hydrogen-bond acceptors (Lipinski definition) is 6. The molecule has 0 spiro atoms. The molecule has 0 bridgehead atoms. The van der Waals surface area contributed by atoms with Gasteiger partial charge in [0.15, 0.2) is 11.2 Å². The van der Waals surface area contributed by atoms with E-state index in [0.29, 0.717) is 30.1 Å². The number of para-hydroxylation sites is 1. The van der Waals surface area contributed by atoms with E-state index in [1.807, 2.05) is 43.5 Å². The molecule has 0 saturated heterocycles. The Hall–Kier alpha value is -2.93. The van der Waals surface area contributed by atoms with Crippen LogP contribution in [0.25, 0.3) is 22.9 Å². The molecule has 3 aromatic rings. The van der Waals surface area contributed by atoms with Crippen molar-refractivity contribution in [3.8, 4) is 0 Å². The van der Waals surface area contributed by atoms with E-state index in [2.05, 4.69) is 42.9 Å². The molecule has 6 nitrogen and oxygen atoms in total. The normalized spacial score (nSPS) is 14.4. The second-order valence-corrected chi connectivity index (χ2v) is 7.48. The number of esters is 1. The van der Waals surface area contributed by atoms with Gasteiger partial charge in [0.1, 0.15) is 0 Å². The van der Waals surface area contributed by atoms with E-state index in [1.165, 1.54) is 0 Å². The van der Waals surface area contributed by atoms with E-state index >= 15 is 0 Å². The maximum atomic E-state index is 11.6. The van der Waals surface area contributed by atoms with Crippen LogP contribution in [-0.4, -0.2) is 29.1 Å². The van der Waals surface area contributed by atoms with E-state index in [4.69, 9.17) is 9.15 Å². The van der Waals surface area contributed by atoms with E-state index in [0.717, 1.165) is 34.3 Å². The number of ether oxygens (including phenoxy) is 1. The average Bonchev–Trinajstić information content (AvgIpc) is 3.11. The predicted molar refractivity (Wildman–Crippen MR) is 116 cm³/mol. The number of rotatable bonds is 6.